The van der Waals surface area contributed by atoms with Crippen molar-refractivity contribution in [3.63, 3.8) is 0 Å². The van der Waals surface area contributed by atoms with E-state index in [2.05, 4.69) is 0 Å². The lowest BCUT2D eigenvalue weighted by Crippen LogP contribution is -2.31. The molecule has 0 aromatic heterocycles. The van der Waals surface area contributed by atoms with Gasteiger partial charge in [0, 0.05) is 18.7 Å². The van der Waals surface area contributed by atoms with E-state index in [0.29, 0.717) is 5.56 Å². The second-order valence-corrected chi connectivity index (χ2v) is 6.33. The fourth-order valence-electron chi connectivity index (χ4n) is 3.30. The number of carbonyl (C=O) groups is 2. The molecule has 0 spiro atoms. The zero-order valence-corrected chi connectivity index (χ0v) is 15.3. The lowest BCUT2D eigenvalue weighted by molar-refractivity contribution is -0.140. The van der Waals surface area contributed by atoms with Crippen molar-refractivity contribution in [2.24, 2.45) is 0 Å². The third kappa shape index (κ3) is 3.48. The maximum atomic E-state index is 14.1. The van der Waals surface area contributed by atoms with Gasteiger partial charge < -0.3 is 19.8 Å². The van der Waals surface area contributed by atoms with Crippen LogP contribution in [0.2, 0.25) is 0 Å². The summed E-state index contributed by atoms with van der Waals surface area (Å²) in [7, 11) is 1.32. The van der Waals surface area contributed by atoms with Crippen LogP contribution in [0, 0.1) is 5.82 Å². The van der Waals surface area contributed by atoms with Crippen molar-refractivity contribution in [1.29, 1.82) is 0 Å². The van der Waals surface area contributed by atoms with Gasteiger partial charge in [0.15, 0.2) is 11.6 Å². The Morgan fingerprint density at radius 3 is 2.50 bits per heavy atom. The molecule has 2 aromatic carbocycles. The number of hydrogen-bond acceptors (Lipinski definition) is 5. The minimum absolute atomic E-state index is 0.000411. The number of Topliss-reactive ketones (excluding diaryl/α,β-unsaturated/α-hetero) is 1. The molecule has 146 valence electrons. The number of aliphatic hydroxyl groups excluding tert-OH is 2. The predicted octanol–water partition coefficient (Wildman–Crippen LogP) is 2.64. The second kappa shape index (κ2) is 8.22. The Morgan fingerprint density at radius 1 is 1.18 bits per heavy atom. The molecule has 0 aliphatic carbocycles. The van der Waals surface area contributed by atoms with Crippen molar-refractivity contribution in [1.82, 2.24) is 4.90 Å². The number of ether oxygens (including phenoxy) is 1. The van der Waals surface area contributed by atoms with Crippen LogP contribution >= 0.6 is 0 Å². The number of benzene rings is 2. The monoisotopic (exact) mass is 385 g/mol. The Balaban J connectivity index is 2.15. The molecule has 1 fully saturated rings. The van der Waals surface area contributed by atoms with Gasteiger partial charge in [-0.3, -0.25) is 9.59 Å². The molecule has 0 bridgehead atoms. The van der Waals surface area contributed by atoms with E-state index in [9.17, 15) is 19.1 Å². The number of likely N-dealkylation sites (tertiary alicyclic amines) is 1. The first-order valence-electron chi connectivity index (χ1n) is 8.77. The summed E-state index contributed by atoms with van der Waals surface area (Å²) in [6, 6.07) is 11.8. The molecule has 0 saturated carbocycles. The van der Waals surface area contributed by atoms with Crippen molar-refractivity contribution >= 4 is 17.4 Å². The number of aliphatic hydroxyl groups is 2. The topological polar surface area (TPSA) is 87.1 Å². The van der Waals surface area contributed by atoms with Crippen molar-refractivity contribution in [2.45, 2.75) is 12.5 Å². The highest BCUT2D eigenvalue weighted by Gasteiger charge is 2.45. The van der Waals surface area contributed by atoms with Gasteiger partial charge in [-0.25, -0.2) is 4.39 Å². The number of rotatable bonds is 6. The van der Waals surface area contributed by atoms with Crippen molar-refractivity contribution < 1.29 is 28.9 Å². The Bertz CT molecular complexity index is 926. The first-order valence-corrected chi connectivity index (χ1v) is 8.77. The van der Waals surface area contributed by atoms with E-state index < -0.39 is 29.3 Å². The van der Waals surface area contributed by atoms with Gasteiger partial charge in [-0.15, -0.1) is 0 Å². The number of methoxy groups -OCH3 is 1. The molecule has 0 radical (unpaired) electrons. The number of ketones is 1. The van der Waals surface area contributed by atoms with Gasteiger partial charge in [0.1, 0.15) is 5.76 Å². The lowest BCUT2D eigenvalue weighted by Gasteiger charge is -2.25. The van der Waals surface area contributed by atoms with Crippen LogP contribution in [0.25, 0.3) is 5.76 Å². The average molecular weight is 385 g/mol. The zero-order valence-electron chi connectivity index (χ0n) is 15.3. The molecule has 2 aromatic rings. The van der Waals surface area contributed by atoms with E-state index in [-0.39, 0.29) is 36.5 Å². The Labute approximate surface area is 161 Å². The quantitative estimate of drug-likeness (QED) is 0.454. The number of carbonyl (C=O) groups excluding carboxylic acids is 2. The summed E-state index contributed by atoms with van der Waals surface area (Å²) < 4.78 is 19.0. The summed E-state index contributed by atoms with van der Waals surface area (Å²) in [5.41, 5.74) is 0.591. The van der Waals surface area contributed by atoms with Gasteiger partial charge in [0.25, 0.3) is 11.7 Å². The van der Waals surface area contributed by atoms with E-state index >= 15 is 0 Å². The molecule has 1 amide bonds. The van der Waals surface area contributed by atoms with Gasteiger partial charge >= 0.3 is 0 Å². The van der Waals surface area contributed by atoms with Crippen molar-refractivity contribution in [3.8, 4) is 5.75 Å². The third-order valence-electron chi connectivity index (χ3n) is 4.64. The fraction of sp³-hybridized carbons (Fsp3) is 0.238. The molecule has 6 nitrogen and oxygen atoms in total. The summed E-state index contributed by atoms with van der Waals surface area (Å²) in [6.45, 7) is 0.00257. The standard InChI is InChI=1S/C21H20FNO5/c1-28-16-9-8-14(12-15(16)22)19(25)17-18(13-6-3-2-4-7-13)23(10-5-11-24)21(27)20(17)26/h2-4,6-9,12,18,24-25H,5,10-11H2,1H3/t18-/m0/s1. The van der Waals surface area contributed by atoms with Gasteiger partial charge in [0.05, 0.1) is 18.7 Å². The molecule has 2 N–H and O–H groups in total. The average Bonchev–Trinajstić information content (AvgIpc) is 2.97. The Hall–Kier alpha value is -3.19. The summed E-state index contributed by atoms with van der Waals surface area (Å²) in [6.07, 6.45) is 0.285. The maximum absolute atomic E-state index is 14.1. The molecule has 28 heavy (non-hydrogen) atoms. The molecule has 1 aliphatic rings. The third-order valence-corrected chi connectivity index (χ3v) is 4.64. The first kappa shape index (κ1) is 19.6. The minimum atomic E-state index is -0.847. The highest BCUT2D eigenvalue weighted by Crippen LogP contribution is 2.39. The van der Waals surface area contributed by atoms with E-state index in [4.69, 9.17) is 9.84 Å². The first-order chi connectivity index (χ1) is 13.5. The highest BCUT2D eigenvalue weighted by molar-refractivity contribution is 6.46. The summed E-state index contributed by atoms with van der Waals surface area (Å²) >= 11 is 0. The van der Waals surface area contributed by atoms with E-state index in [1.165, 1.54) is 24.1 Å². The molecule has 1 atom stereocenters. The number of amides is 1. The van der Waals surface area contributed by atoms with Crippen LogP contribution in [0.5, 0.6) is 5.75 Å². The molecular formula is C21H20FNO5. The van der Waals surface area contributed by atoms with E-state index in [0.717, 1.165) is 6.07 Å². The summed E-state index contributed by atoms with van der Waals surface area (Å²) in [4.78, 5) is 26.6. The predicted molar refractivity (Wildman–Crippen MR) is 100 cm³/mol. The molecular weight excluding hydrogens is 365 g/mol. The fourth-order valence-corrected chi connectivity index (χ4v) is 3.30. The number of hydrogen-bond donors (Lipinski definition) is 2. The van der Waals surface area contributed by atoms with Gasteiger partial charge in [-0.05, 0) is 30.2 Å². The van der Waals surface area contributed by atoms with Gasteiger partial charge in [0.2, 0.25) is 0 Å². The SMILES string of the molecule is COc1ccc(C(O)=C2C(=O)C(=O)N(CCCO)[C@H]2c2ccccc2)cc1F. The molecule has 1 saturated heterocycles. The van der Waals surface area contributed by atoms with E-state index in [1.54, 1.807) is 30.3 Å². The molecule has 1 aliphatic heterocycles. The Kier molecular flexibility index (Phi) is 5.75. The van der Waals surface area contributed by atoms with Crippen LogP contribution in [-0.2, 0) is 9.59 Å². The zero-order chi connectivity index (χ0) is 20.3. The van der Waals surface area contributed by atoms with Gasteiger partial charge in [-0.1, -0.05) is 30.3 Å². The van der Waals surface area contributed by atoms with Crippen molar-refractivity contribution in [2.75, 3.05) is 20.3 Å². The number of halogens is 1. The smallest absolute Gasteiger partial charge is 0.295 e. The van der Waals surface area contributed by atoms with Crippen LogP contribution in [-0.4, -0.2) is 47.1 Å². The van der Waals surface area contributed by atoms with Crippen LogP contribution in [0.4, 0.5) is 4.39 Å². The minimum Gasteiger partial charge on any atom is -0.507 e. The van der Waals surface area contributed by atoms with Crippen molar-refractivity contribution in [3.05, 3.63) is 71.0 Å². The van der Waals surface area contributed by atoms with Crippen LogP contribution < -0.4 is 4.74 Å². The molecule has 0 unspecified atom stereocenters. The van der Waals surface area contributed by atoms with Crippen LogP contribution in [0.15, 0.2) is 54.1 Å². The number of nitrogens with zero attached hydrogens (tertiary/aromatic N) is 1. The summed E-state index contributed by atoms with van der Waals surface area (Å²) in [5.74, 6) is -2.77. The maximum Gasteiger partial charge on any atom is 0.295 e. The van der Waals surface area contributed by atoms with Crippen LogP contribution in [0.3, 0.4) is 0 Å². The second-order valence-electron chi connectivity index (χ2n) is 6.33. The van der Waals surface area contributed by atoms with Crippen LogP contribution in [0.1, 0.15) is 23.6 Å². The summed E-state index contributed by atoms with van der Waals surface area (Å²) in [5, 5.41) is 19.9. The molecule has 3 rings (SSSR count). The normalized spacial score (nSPS) is 18.5. The largest absolute Gasteiger partial charge is 0.507 e. The van der Waals surface area contributed by atoms with Gasteiger partial charge in [-0.2, -0.15) is 0 Å². The molecule has 7 heteroatoms. The van der Waals surface area contributed by atoms with E-state index in [1.807, 2.05) is 0 Å². The lowest BCUT2D eigenvalue weighted by atomic mass is 9.95. The Morgan fingerprint density at radius 2 is 1.89 bits per heavy atom. The highest BCUT2D eigenvalue weighted by atomic mass is 19.1. The molecule has 1 heterocycles.